The van der Waals surface area contributed by atoms with Gasteiger partial charge in [-0.2, -0.15) is 9.78 Å². The highest BCUT2D eigenvalue weighted by Crippen LogP contribution is 2.19. The molecule has 0 saturated heterocycles. The van der Waals surface area contributed by atoms with E-state index in [4.69, 9.17) is 9.57 Å². The fraction of sp³-hybridized carbons (Fsp3) is 0.500. The molecular weight excluding hydrogens is 284 g/mol. The van der Waals surface area contributed by atoms with Gasteiger partial charge in [0, 0.05) is 6.07 Å². The van der Waals surface area contributed by atoms with Gasteiger partial charge < -0.3 is 9.57 Å². The first-order chi connectivity index (χ1) is 10.5. The standard InChI is InChI=1S/C14H20N6O2/c1-14(2,3)5-6-22-12-7-11(16-9-17-12)13(19-21-4)20-10-15-8-18-20/h7-10H,5-6H2,1-4H3. The number of hydrogen-bond acceptors (Lipinski definition) is 7. The largest absolute Gasteiger partial charge is 0.478 e. The third-order valence-electron chi connectivity index (χ3n) is 2.79. The van der Waals surface area contributed by atoms with Crippen molar-refractivity contribution in [3.8, 4) is 5.88 Å². The maximum atomic E-state index is 5.68. The van der Waals surface area contributed by atoms with E-state index in [0.29, 0.717) is 24.0 Å². The highest BCUT2D eigenvalue weighted by atomic mass is 16.6. The van der Waals surface area contributed by atoms with E-state index in [1.54, 1.807) is 6.07 Å². The van der Waals surface area contributed by atoms with Gasteiger partial charge in [-0.1, -0.05) is 25.9 Å². The molecule has 0 aromatic carbocycles. The van der Waals surface area contributed by atoms with Crippen molar-refractivity contribution in [1.29, 1.82) is 0 Å². The van der Waals surface area contributed by atoms with Crippen LogP contribution in [0.25, 0.3) is 0 Å². The van der Waals surface area contributed by atoms with Crippen LogP contribution in [-0.2, 0) is 4.84 Å². The summed E-state index contributed by atoms with van der Waals surface area (Å²) in [6.07, 6.45) is 5.27. The van der Waals surface area contributed by atoms with Gasteiger partial charge in [0.2, 0.25) is 11.7 Å². The second-order valence-corrected chi connectivity index (χ2v) is 5.84. The molecule has 0 saturated carbocycles. The van der Waals surface area contributed by atoms with Crippen LogP contribution in [-0.4, -0.2) is 44.3 Å². The predicted octanol–water partition coefficient (Wildman–Crippen LogP) is 1.74. The molecular formula is C14H20N6O2. The van der Waals surface area contributed by atoms with Gasteiger partial charge in [-0.3, -0.25) is 0 Å². The second kappa shape index (κ2) is 6.97. The van der Waals surface area contributed by atoms with Crippen LogP contribution < -0.4 is 4.74 Å². The van der Waals surface area contributed by atoms with E-state index >= 15 is 0 Å². The fourth-order valence-corrected chi connectivity index (χ4v) is 1.61. The molecule has 0 spiro atoms. The lowest BCUT2D eigenvalue weighted by molar-refractivity contribution is 0.211. The molecule has 8 nitrogen and oxygen atoms in total. The highest BCUT2D eigenvalue weighted by Gasteiger charge is 2.13. The third-order valence-corrected chi connectivity index (χ3v) is 2.79. The van der Waals surface area contributed by atoms with Crippen LogP contribution in [0.15, 0.2) is 30.2 Å². The summed E-state index contributed by atoms with van der Waals surface area (Å²) in [7, 11) is 1.46. The third kappa shape index (κ3) is 4.51. The summed E-state index contributed by atoms with van der Waals surface area (Å²) in [5.41, 5.74) is 0.743. The minimum Gasteiger partial charge on any atom is -0.478 e. The summed E-state index contributed by atoms with van der Waals surface area (Å²) in [6, 6.07) is 1.70. The van der Waals surface area contributed by atoms with Crippen molar-refractivity contribution in [1.82, 2.24) is 24.7 Å². The van der Waals surface area contributed by atoms with Gasteiger partial charge in [-0.25, -0.2) is 15.0 Å². The summed E-state index contributed by atoms with van der Waals surface area (Å²) in [5, 5.41) is 7.96. The van der Waals surface area contributed by atoms with Gasteiger partial charge in [0.25, 0.3) is 0 Å². The quantitative estimate of drug-likeness (QED) is 0.475. The molecule has 0 fully saturated rings. The first-order valence-corrected chi connectivity index (χ1v) is 6.91. The summed E-state index contributed by atoms with van der Waals surface area (Å²) < 4.78 is 7.14. The zero-order chi connectivity index (χ0) is 16.0. The van der Waals surface area contributed by atoms with Crippen LogP contribution in [0.5, 0.6) is 5.88 Å². The minimum atomic E-state index is 0.208. The Morgan fingerprint density at radius 2 is 2.09 bits per heavy atom. The Bertz CT molecular complexity index is 619. The van der Waals surface area contributed by atoms with E-state index in [1.807, 2.05) is 0 Å². The molecule has 0 aliphatic heterocycles. The van der Waals surface area contributed by atoms with Crippen molar-refractivity contribution in [3.63, 3.8) is 0 Å². The molecule has 8 heteroatoms. The molecule has 2 rings (SSSR count). The van der Waals surface area contributed by atoms with Crippen LogP contribution in [0.3, 0.4) is 0 Å². The van der Waals surface area contributed by atoms with Crippen molar-refractivity contribution in [2.75, 3.05) is 13.7 Å². The van der Waals surface area contributed by atoms with Gasteiger partial charge in [-0.15, -0.1) is 0 Å². The zero-order valence-corrected chi connectivity index (χ0v) is 13.2. The lowest BCUT2D eigenvalue weighted by Gasteiger charge is -2.17. The molecule has 0 bridgehead atoms. The Morgan fingerprint density at radius 1 is 1.27 bits per heavy atom. The molecule has 118 valence electrons. The van der Waals surface area contributed by atoms with Crippen LogP contribution in [0, 0.1) is 5.41 Å². The first-order valence-electron chi connectivity index (χ1n) is 6.91. The van der Waals surface area contributed by atoms with E-state index in [0.717, 1.165) is 6.42 Å². The van der Waals surface area contributed by atoms with Gasteiger partial charge in [0.05, 0.1) is 6.61 Å². The van der Waals surface area contributed by atoms with Crippen LogP contribution in [0.1, 0.15) is 32.9 Å². The van der Waals surface area contributed by atoms with Crippen molar-refractivity contribution < 1.29 is 9.57 Å². The maximum Gasteiger partial charge on any atom is 0.220 e. The lowest BCUT2D eigenvalue weighted by Crippen LogP contribution is -2.17. The van der Waals surface area contributed by atoms with E-state index in [9.17, 15) is 0 Å². The van der Waals surface area contributed by atoms with Crippen LogP contribution >= 0.6 is 0 Å². The zero-order valence-electron chi connectivity index (χ0n) is 13.2. The smallest absolute Gasteiger partial charge is 0.220 e. The predicted molar refractivity (Wildman–Crippen MR) is 80.6 cm³/mol. The molecule has 0 aliphatic rings. The van der Waals surface area contributed by atoms with E-state index in [-0.39, 0.29) is 5.41 Å². The molecule has 22 heavy (non-hydrogen) atoms. The number of rotatable bonds is 5. The Balaban J connectivity index is 2.14. The molecule has 2 aromatic heterocycles. The summed E-state index contributed by atoms with van der Waals surface area (Å²) in [6.45, 7) is 7.07. The lowest BCUT2D eigenvalue weighted by atomic mass is 9.93. The fourth-order valence-electron chi connectivity index (χ4n) is 1.61. The van der Waals surface area contributed by atoms with Gasteiger partial charge in [0.1, 0.15) is 31.8 Å². The van der Waals surface area contributed by atoms with Crippen molar-refractivity contribution >= 4 is 5.84 Å². The van der Waals surface area contributed by atoms with E-state index in [2.05, 4.69) is 46.0 Å². The van der Waals surface area contributed by atoms with Gasteiger partial charge in [0.15, 0.2) is 0 Å². The molecule has 0 aliphatic carbocycles. The van der Waals surface area contributed by atoms with E-state index in [1.165, 1.54) is 30.8 Å². The van der Waals surface area contributed by atoms with Gasteiger partial charge >= 0.3 is 0 Å². The normalized spacial score (nSPS) is 12.3. The van der Waals surface area contributed by atoms with Crippen LogP contribution in [0.2, 0.25) is 0 Å². The first kappa shape index (κ1) is 15.9. The highest BCUT2D eigenvalue weighted by molar-refractivity contribution is 5.97. The van der Waals surface area contributed by atoms with Crippen molar-refractivity contribution in [2.45, 2.75) is 27.2 Å². The Hall–Kier alpha value is -2.51. The molecule has 0 amide bonds. The molecule has 2 aromatic rings. The monoisotopic (exact) mass is 304 g/mol. The van der Waals surface area contributed by atoms with E-state index < -0.39 is 0 Å². The SMILES string of the molecule is CON=C(c1cc(OCCC(C)(C)C)ncn1)n1cncn1. The van der Waals surface area contributed by atoms with Crippen molar-refractivity contribution in [3.05, 3.63) is 30.7 Å². The average Bonchev–Trinajstić information content (AvgIpc) is 2.97. The van der Waals surface area contributed by atoms with Crippen LogP contribution in [0.4, 0.5) is 0 Å². The van der Waals surface area contributed by atoms with Crippen molar-refractivity contribution in [2.24, 2.45) is 10.6 Å². The average molecular weight is 304 g/mol. The number of ether oxygens (including phenoxy) is 1. The molecule has 2 heterocycles. The summed E-state index contributed by atoms with van der Waals surface area (Å²) in [5.74, 6) is 0.890. The number of hydrogen-bond donors (Lipinski definition) is 0. The Kier molecular flexibility index (Phi) is 5.03. The number of oxime groups is 1. The Labute approximate surface area is 129 Å². The maximum absolute atomic E-state index is 5.68. The summed E-state index contributed by atoms with van der Waals surface area (Å²) >= 11 is 0. The number of nitrogens with zero attached hydrogens (tertiary/aromatic N) is 6. The second-order valence-electron chi connectivity index (χ2n) is 5.84. The summed E-state index contributed by atoms with van der Waals surface area (Å²) in [4.78, 5) is 17.0. The molecule has 0 unspecified atom stereocenters. The van der Waals surface area contributed by atoms with Gasteiger partial charge in [-0.05, 0) is 11.8 Å². The Morgan fingerprint density at radius 3 is 2.73 bits per heavy atom. The molecule has 0 N–H and O–H groups in total. The minimum absolute atomic E-state index is 0.208. The topological polar surface area (TPSA) is 87.3 Å². The molecule has 0 atom stereocenters. The molecule has 0 radical (unpaired) electrons. The number of aromatic nitrogens is 5.